The molecule has 2 saturated heterocycles. The summed E-state index contributed by atoms with van der Waals surface area (Å²) in [4.78, 5) is 28.1. The maximum absolute atomic E-state index is 14.0. The van der Waals surface area contributed by atoms with E-state index in [4.69, 9.17) is 0 Å². The fourth-order valence-electron chi connectivity index (χ4n) is 4.41. The molecule has 0 aliphatic carbocycles. The van der Waals surface area contributed by atoms with Crippen molar-refractivity contribution in [2.24, 2.45) is 5.92 Å². The highest BCUT2D eigenvalue weighted by atomic mass is 32.2. The van der Waals surface area contributed by atoms with Gasteiger partial charge in [-0.3, -0.25) is 9.59 Å². The number of carbonyl (C=O) groups excluding carboxylic acids is 2. The number of nitrogens with one attached hydrogen (secondary N) is 1. The Labute approximate surface area is 203 Å². The fraction of sp³-hybridized carbons (Fsp3) is 0.417. The van der Waals surface area contributed by atoms with Gasteiger partial charge in [0, 0.05) is 51.4 Å². The van der Waals surface area contributed by atoms with Gasteiger partial charge in [0.05, 0.1) is 17.4 Å². The normalized spacial score (nSPS) is 19.3. The molecule has 0 radical (unpaired) electrons. The number of amides is 2. The van der Waals surface area contributed by atoms with E-state index in [0.29, 0.717) is 24.5 Å². The van der Waals surface area contributed by atoms with E-state index in [1.807, 2.05) is 4.90 Å². The highest BCUT2D eigenvalue weighted by Gasteiger charge is 2.35. The Hall–Kier alpha value is -3.05. The molecule has 1 N–H and O–H groups in total. The number of hydrogen-bond acceptors (Lipinski definition) is 5. The summed E-state index contributed by atoms with van der Waals surface area (Å²) in [5.41, 5.74) is 1.00. The SMILES string of the molecule is O=C(NCCCS(=O)(=O)N1CCN(c2ccccc2F)CC1)C1CC(=O)N(c2ccc(F)cc2)C1. The molecule has 188 valence electrons. The topological polar surface area (TPSA) is 90.0 Å². The Balaban J connectivity index is 1.20. The van der Waals surface area contributed by atoms with Gasteiger partial charge < -0.3 is 15.1 Å². The van der Waals surface area contributed by atoms with Crippen molar-refractivity contribution in [3.63, 3.8) is 0 Å². The van der Waals surface area contributed by atoms with E-state index in [2.05, 4.69) is 5.32 Å². The van der Waals surface area contributed by atoms with Crippen molar-refractivity contribution in [3.05, 3.63) is 60.2 Å². The van der Waals surface area contributed by atoms with Gasteiger partial charge in [-0.2, -0.15) is 4.31 Å². The van der Waals surface area contributed by atoms with Crippen LogP contribution in [0.25, 0.3) is 0 Å². The lowest BCUT2D eigenvalue weighted by Gasteiger charge is -2.35. The Morgan fingerprint density at radius 1 is 1.00 bits per heavy atom. The van der Waals surface area contributed by atoms with Crippen molar-refractivity contribution in [3.8, 4) is 0 Å². The quantitative estimate of drug-likeness (QED) is 0.553. The van der Waals surface area contributed by atoms with Gasteiger partial charge in [0.25, 0.3) is 0 Å². The number of halogens is 2. The molecule has 1 unspecified atom stereocenters. The van der Waals surface area contributed by atoms with Gasteiger partial charge in [-0.1, -0.05) is 12.1 Å². The fourth-order valence-corrected chi connectivity index (χ4v) is 5.90. The van der Waals surface area contributed by atoms with Crippen molar-refractivity contribution in [1.82, 2.24) is 9.62 Å². The highest BCUT2D eigenvalue weighted by Crippen LogP contribution is 2.25. The summed E-state index contributed by atoms with van der Waals surface area (Å²) in [6, 6.07) is 11.9. The molecule has 8 nitrogen and oxygen atoms in total. The van der Waals surface area contributed by atoms with Crippen LogP contribution in [0, 0.1) is 17.6 Å². The first-order chi connectivity index (χ1) is 16.7. The molecule has 11 heteroatoms. The second-order valence-electron chi connectivity index (χ2n) is 8.68. The number of nitrogens with zero attached hydrogens (tertiary/aromatic N) is 3. The highest BCUT2D eigenvalue weighted by molar-refractivity contribution is 7.89. The van der Waals surface area contributed by atoms with Crippen molar-refractivity contribution < 1.29 is 26.8 Å². The third-order valence-electron chi connectivity index (χ3n) is 6.34. The van der Waals surface area contributed by atoms with Crippen LogP contribution < -0.4 is 15.1 Å². The third-order valence-corrected chi connectivity index (χ3v) is 8.29. The van der Waals surface area contributed by atoms with Crippen LogP contribution in [0.2, 0.25) is 0 Å². The Bertz CT molecular complexity index is 1170. The molecule has 0 bridgehead atoms. The third kappa shape index (κ3) is 5.96. The number of benzene rings is 2. The Morgan fingerprint density at radius 3 is 2.37 bits per heavy atom. The van der Waals surface area contributed by atoms with E-state index in [-0.39, 0.29) is 62.4 Å². The summed E-state index contributed by atoms with van der Waals surface area (Å²) >= 11 is 0. The standard InChI is InChI=1S/C24H28F2N4O4S/c25-19-6-8-20(9-7-19)30-17-18(16-23(30)31)24(32)27-10-3-15-35(33,34)29-13-11-28(12-14-29)22-5-2-1-4-21(22)26/h1-2,4-9,18H,3,10-17H2,(H,27,32). The number of para-hydroxylation sites is 1. The molecule has 2 aliphatic heterocycles. The molecule has 2 aromatic rings. The van der Waals surface area contributed by atoms with Crippen LogP contribution in [0.1, 0.15) is 12.8 Å². The van der Waals surface area contributed by atoms with Crippen LogP contribution in [-0.4, -0.2) is 69.6 Å². The first kappa shape index (κ1) is 25.1. The zero-order valence-corrected chi connectivity index (χ0v) is 20.0. The van der Waals surface area contributed by atoms with Crippen LogP contribution in [-0.2, 0) is 19.6 Å². The average Bonchev–Trinajstić information content (AvgIpc) is 3.24. The second kappa shape index (κ2) is 10.7. The van der Waals surface area contributed by atoms with Crippen LogP contribution in [0.4, 0.5) is 20.2 Å². The summed E-state index contributed by atoms with van der Waals surface area (Å²) in [6.45, 7) is 1.71. The maximum atomic E-state index is 14.0. The lowest BCUT2D eigenvalue weighted by atomic mass is 10.1. The van der Waals surface area contributed by atoms with E-state index in [1.165, 1.54) is 39.5 Å². The Morgan fingerprint density at radius 2 is 1.69 bits per heavy atom. The van der Waals surface area contributed by atoms with E-state index in [0.717, 1.165) is 0 Å². The smallest absolute Gasteiger partial charge is 0.227 e. The van der Waals surface area contributed by atoms with Gasteiger partial charge in [-0.05, 0) is 42.8 Å². The lowest BCUT2D eigenvalue weighted by Crippen LogP contribution is -2.49. The summed E-state index contributed by atoms with van der Waals surface area (Å²) < 4.78 is 53.9. The minimum atomic E-state index is -3.50. The molecule has 2 amide bonds. The average molecular weight is 507 g/mol. The molecule has 4 rings (SSSR count). The number of piperazine rings is 1. The number of anilines is 2. The van der Waals surface area contributed by atoms with Crippen molar-refractivity contribution in [2.45, 2.75) is 12.8 Å². The first-order valence-corrected chi connectivity index (χ1v) is 13.2. The zero-order valence-electron chi connectivity index (χ0n) is 19.2. The number of sulfonamides is 1. The molecule has 2 aliphatic rings. The van der Waals surface area contributed by atoms with Crippen molar-refractivity contribution in [1.29, 1.82) is 0 Å². The van der Waals surface area contributed by atoms with Gasteiger partial charge in [0.2, 0.25) is 21.8 Å². The van der Waals surface area contributed by atoms with E-state index >= 15 is 0 Å². The predicted octanol–water partition coefficient (Wildman–Crippen LogP) is 1.98. The summed E-state index contributed by atoms with van der Waals surface area (Å²) in [6.07, 6.45) is 0.289. The Kier molecular flexibility index (Phi) is 7.66. The molecule has 1 atom stereocenters. The van der Waals surface area contributed by atoms with Gasteiger partial charge in [-0.25, -0.2) is 17.2 Å². The van der Waals surface area contributed by atoms with Gasteiger partial charge in [-0.15, -0.1) is 0 Å². The molecule has 0 saturated carbocycles. The monoisotopic (exact) mass is 506 g/mol. The first-order valence-electron chi connectivity index (χ1n) is 11.6. The molecule has 35 heavy (non-hydrogen) atoms. The molecule has 2 aromatic carbocycles. The summed E-state index contributed by atoms with van der Waals surface area (Å²) in [5.74, 6) is -1.91. The van der Waals surface area contributed by atoms with E-state index < -0.39 is 21.8 Å². The van der Waals surface area contributed by atoms with E-state index in [9.17, 15) is 26.8 Å². The van der Waals surface area contributed by atoms with Gasteiger partial charge in [0.15, 0.2) is 0 Å². The largest absolute Gasteiger partial charge is 0.367 e. The molecular weight excluding hydrogens is 478 g/mol. The maximum Gasteiger partial charge on any atom is 0.227 e. The van der Waals surface area contributed by atoms with E-state index in [1.54, 1.807) is 18.2 Å². The van der Waals surface area contributed by atoms with Crippen molar-refractivity contribution in [2.75, 3.05) is 54.8 Å². The number of rotatable bonds is 8. The summed E-state index contributed by atoms with van der Waals surface area (Å²) in [5, 5.41) is 2.73. The van der Waals surface area contributed by atoms with Crippen LogP contribution in [0.3, 0.4) is 0 Å². The van der Waals surface area contributed by atoms with Crippen LogP contribution in [0.15, 0.2) is 48.5 Å². The predicted molar refractivity (Wildman–Crippen MR) is 128 cm³/mol. The molecule has 2 heterocycles. The van der Waals surface area contributed by atoms with Gasteiger partial charge >= 0.3 is 0 Å². The number of carbonyl (C=O) groups is 2. The molecular formula is C24H28F2N4O4S. The number of hydrogen-bond donors (Lipinski definition) is 1. The molecule has 0 aromatic heterocycles. The second-order valence-corrected chi connectivity index (χ2v) is 10.8. The van der Waals surface area contributed by atoms with Crippen molar-refractivity contribution >= 4 is 33.2 Å². The summed E-state index contributed by atoms with van der Waals surface area (Å²) in [7, 11) is -3.50. The molecule has 2 fully saturated rings. The van der Waals surface area contributed by atoms with Crippen LogP contribution >= 0.6 is 0 Å². The minimum absolute atomic E-state index is 0.0494. The molecule has 0 spiro atoms. The zero-order chi connectivity index (χ0) is 25.0. The van der Waals surface area contributed by atoms with Crippen LogP contribution in [0.5, 0.6) is 0 Å². The minimum Gasteiger partial charge on any atom is -0.367 e. The van der Waals surface area contributed by atoms with Gasteiger partial charge in [0.1, 0.15) is 11.6 Å². The lowest BCUT2D eigenvalue weighted by molar-refractivity contribution is -0.126.